The predicted molar refractivity (Wildman–Crippen MR) is 178 cm³/mol. The average molecular weight is 573 g/mol. The third-order valence-electron chi connectivity index (χ3n) is 6.88. The highest BCUT2D eigenvalue weighted by Crippen LogP contribution is 2.26. The van der Waals surface area contributed by atoms with Crippen LogP contribution in [0.4, 0.5) is 5.69 Å². The van der Waals surface area contributed by atoms with E-state index in [0.717, 1.165) is 41.7 Å². The quantitative estimate of drug-likeness (QED) is 0.108. The fourth-order valence-corrected chi connectivity index (χ4v) is 4.49. The Morgan fingerprint density at radius 1 is 0.881 bits per heavy atom. The summed E-state index contributed by atoms with van der Waals surface area (Å²) in [7, 11) is 0. The van der Waals surface area contributed by atoms with Gasteiger partial charge in [0, 0.05) is 11.9 Å². The number of unbranched alkanes of at least 4 members (excludes halogenated alkanes) is 1. The number of amides is 1. The molecule has 0 saturated heterocycles. The summed E-state index contributed by atoms with van der Waals surface area (Å²) in [4.78, 5) is 12.6. The fraction of sp³-hybridized carbons (Fsp3) is 0.417. The molecule has 0 aliphatic carbocycles. The summed E-state index contributed by atoms with van der Waals surface area (Å²) in [6.45, 7) is 15.4. The number of carbonyl (C=O) groups is 1. The van der Waals surface area contributed by atoms with Gasteiger partial charge in [-0.15, -0.1) is 0 Å². The molecule has 0 radical (unpaired) electrons. The van der Waals surface area contributed by atoms with E-state index in [-0.39, 0.29) is 17.2 Å². The molecule has 3 rings (SSSR count). The maximum atomic E-state index is 12.6. The van der Waals surface area contributed by atoms with Crippen LogP contribution in [-0.4, -0.2) is 17.0 Å². The second-order valence-electron chi connectivity index (χ2n) is 11.4. The fourth-order valence-electron chi connectivity index (χ4n) is 4.49. The number of hydrogen-bond acceptors (Lipinski definition) is 5. The van der Waals surface area contributed by atoms with Crippen LogP contribution in [0.2, 0.25) is 0 Å². The van der Waals surface area contributed by atoms with Crippen LogP contribution in [-0.2, 0) is 16.8 Å². The molecule has 0 heterocycles. The van der Waals surface area contributed by atoms with Crippen molar-refractivity contribution in [2.75, 3.05) is 5.32 Å². The van der Waals surface area contributed by atoms with E-state index in [1.807, 2.05) is 62.4 Å². The summed E-state index contributed by atoms with van der Waals surface area (Å²) in [6, 6.07) is 24.2. The number of hydrazine groups is 1. The van der Waals surface area contributed by atoms with Gasteiger partial charge in [0.1, 0.15) is 11.4 Å². The van der Waals surface area contributed by atoms with Gasteiger partial charge in [-0.3, -0.25) is 4.79 Å². The van der Waals surface area contributed by atoms with Gasteiger partial charge in [-0.1, -0.05) is 116 Å². The van der Waals surface area contributed by atoms with Gasteiger partial charge in [0.05, 0.1) is 12.6 Å². The van der Waals surface area contributed by atoms with E-state index in [4.69, 9.17) is 16.3 Å². The normalized spacial score (nSPS) is 12.1. The molecule has 3 aromatic rings. The Hall–Kier alpha value is -3.77. The molecule has 1 unspecified atom stereocenters. The largest absolute Gasteiger partial charge is 0.490 e. The monoisotopic (exact) mass is 572 g/mol. The zero-order valence-electron chi connectivity index (χ0n) is 26.7. The zero-order chi connectivity index (χ0) is 31.1. The van der Waals surface area contributed by atoms with Crippen LogP contribution in [0, 0.1) is 0 Å². The van der Waals surface area contributed by atoms with E-state index in [9.17, 15) is 4.79 Å². The number of nitrogens with two attached hydrogens (primary N) is 2. The number of rotatable bonds is 13. The predicted octanol–water partition coefficient (Wildman–Crippen LogP) is 8.53. The number of carbonyl (C=O) groups excluding carboxylic acids is 1. The van der Waals surface area contributed by atoms with Gasteiger partial charge < -0.3 is 20.8 Å². The first-order valence-corrected chi connectivity index (χ1v) is 15.4. The molecule has 0 spiro atoms. The van der Waals surface area contributed by atoms with Gasteiger partial charge in [0.15, 0.2) is 0 Å². The summed E-state index contributed by atoms with van der Waals surface area (Å²) in [5.41, 5.74) is 11.2. The molecule has 228 valence electrons. The highest BCUT2D eigenvalue weighted by Gasteiger charge is 2.14. The average Bonchev–Trinajstić information content (AvgIpc) is 2.97. The van der Waals surface area contributed by atoms with Gasteiger partial charge in [0.2, 0.25) is 0 Å². The van der Waals surface area contributed by atoms with Crippen LogP contribution in [0.5, 0.6) is 5.75 Å². The van der Waals surface area contributed by atoms with Crippen molar-refractivity contribution in [3.05, 3.63) is 95.8 Å². The lowest BCUT2D eigenvalue weighted by Gasteiger charge is -2.20. The number of benzene rings is 3. The van der Waals surface area contributed by atoms with Crippen molar-refractivity contribution in [1.29, 1.82) is 0 Å². The van der Waals surface area contributed by atoms with Crippen molar-refractivity contribution in [2.45, 2.75) is 98.6 Å². The molecule has 0 aromatic heterocycles. The van der Waals surface area contributed by atoms with Gasteiger partial charge in [-0.25, -0.2) is 5.84 Å². The third kappa shape index (κ3) is 11.2. The molecule has 0 bridgehead atoms. The first kappa shape index (κ1) is 34.4. The van der Waals surface area contributed by atoms with Crippen LogP contribution in [0.25, 0.3) is 11.1 Å². The van der Waals surface area contributed by atoms with E-state index < -0.39 is 5.91 Å². The summed E-state index contributed by atoms with van der Waals surface area (Å²) in [5, 5.41) is 4.26. The van der Waals surface area contributed by atoms with Crippen molar-refractivity contribution in [1.82, 2.24) is 5.01 Å². The Balaban J connectivity index is 0.00000301. The Bertz CT molecular complexity index is 1230. The molecule has 1 atom stereocenters. The molecule has 0 saturated carbocycles. The highest BCUT2D eigenvalue weighted by molar-refractivity contribution is 6.03. The minimum absolute atomic E-state index is 0.0359. The first-order chi connectivity index (χ1) is 20.1. The van der Waals surface area contributed by atoms with Crippen LogP contribution in [0.3, 0.4) is 0 Å². The molecule has 6 heteroatoms. The van der Waals surface area contributed by atoms with E-state index in [1.54, 1.807) is 0 Å². The Kier molecular flexibility index (Phi) is 14.1. The molecule has 3 aromatic carbocycles. The molecule has 6 nitrogen and oxygen atoms in total. The lowest BCUT2D eigenvalue weighted by Crippen LogP contribution is -2.29. The van der Waals surface area contributed by atoms with Crippen LogP contribution in [0.1, 0.15) is 91.7 Å². The topological polar surface area (TPSA) is 93.6 Å². The van der Waals surface area contributed by atoms with Gasteiger partial charge in [0.25, 0.3) is 5.91 Å². The molecular formula is C36H52N4O2. The lowest BCUT2D eigenvalue weighted by molar-refractivity contribution is -0.113. The first-order valence-electron chi connectivity index (χ1n) is 15.4. The van der Waals surface area contributed by atoms with Gasteiger partial charge in [-0.2, -0.15) is 0 Å². The molecule has 42 heavy (non-hydrogen) atoms. The van der Waals surface area contributed by atoms with Gasteiger partial charge >= 0.3 is 0 Å². The standard InChI is InChI=1S/C34H46N4O2.C2H6/c1-6-8-10-30(9-7-2)40-31-21-15-27(16-22-31)26-13-19-29(20-14-26)37-33(39)32(35)24-38(36)23-25-11-17-28(18-12-25)34(3,4)5;1-2/h11-22,24,30H,6-10,23,35-36H2,1-5H3,(H,37,39);1-2H3/b32-24-;. The number of anilines is 1. The van der Waals surface area contributed by atoms with Crippen molar-refractivity contribution in [3.8, 4) is 16.9 Å². The number of ether oxygens (including phenoxy) is 1. The molecule has 0 aliphatic heterocycles. The lowest BCUT2D eigenvalue weighted by atomic mass is 9.87. The molecule has 5 N–H and O–H groups in total. The minimum atomic E-state index is -0.405. The van der Waals surface area contributed by atoms with Crippen LogP contribution < -0.4 is 21.6 Å². The maximum Gasteiger partial charge on any atom is 0.273 e. The van der Waals surface area contributed by atoms with E-state index in [0.29, 0.717) is 12.2 Å². The number of nitrogens with zero attached hydrogens (tertiary/aromatic N) is 1. The molecule has 1 amide bonds. The van der Waals surface area contributed by atoms with Gasteiger partial charge in [-0.05, 0) is 64.8 Å². The summed E-state index contributed by atoms with van der Waals surface area (Å²) >= 11 is 0. The Morgan fingerprint density at radius 2 is 1.45 bits per heavy atom. The number of hydrogen-bond donors (Lipinski definition) is 3. The van der Waals surface area contributed by atoms with Crippen molar-refractivity contribution < 1.29 is 9.53 Å². The second kappa shape index (κ2) is 17.2. The zero-order valence-corrected chi connectivity index (χ0v) is 26.7. The molecular weight excluding hydrogens is 520 g/mol. The summed E-state index contributed by atoms with van der Waals surface area (Å²) < 4.78 is 6.23. The molecule has 0 fully saturated rings. The summed E-state index contributed by atoms with van der Waals surface area (Å²) in [6.07, 6.45) is 7.37. The maximum absolute atomic E-state index is 12.6. The van der Waals surface area contributed by atoms with Crippen LogP contribution >= 0.6 is 0 Å². The van der Waals surface area contributed by atoms with Crippen molar-refractivity contribution >= 4 is 11.6 Å². The second-order valence-corrected chi connectivity index (χ2v) is 11.4. The van der Waals surface area contributed by atoms with Crippen molar-refractivity contribution in [2.24, 2.45) is 11.6 Å². The third-order valence-corrected chi connectivity index (χ3v) is 6.88. The minimum Gasteiger partial charge on any atom is -0.490 e. The van der Waals surface area contributed by atoms with E-state index in [2.05, 4.69) is 64.2 Å². The van der Waals surface area contributed by atoms with Crippen molar-refractivity contribution in [3.63, 3.8) is 0 Å². The number of nitrogens with one attached hydrogen (secondary N) is 1. The SMILES string of the molecule is CC.CCCCC(CCC)Oc1ccc(-c2ccc(NC(=O)/C(N)=C/N(N)Cc3ccc(C(C)(C)C)cc3)cc2)cc1. The smallest absolute Gasteiger partial charge is 0.273 e. The van der Waals surface area contributed by atoms with E-state index in [1.165, 1.54) is 29.6 Å². The summed E-state index contributed by atoms with van der Waals surface area (Å²) in [5.74, 6) is 6.61. The Morgan fingerprint density at radius 3 is 1.98 bits per heavy atom. The van der Waals surface area contributed by atoms with Crippen LogP contribution in [0.15, 0.2) is 84.7 Å². The highest BCUT2D eigenvalue weighted by atomic mass is 16.5. The Labute approximate surface area is 254 Å². The van der Waals surface area contributed by atoms with E-state index >= 15 is 0 Å². The molecule has 0 aliphatic rings.